The number of fused-ring (bicyclic) bond motifs is 1. The Bertz CT molecular complexity index is 780. The van der Waals surface area contributed by atoms with Gasteiger partial charge in [-0.3, -0.25) is 14.5 Å². The quantitative estimate of drug-likeness (QED) is 0.888. The highest BCUT2D eigenvalue weighted by Crippen LogP contribution is 2.17. The summed E-state index contributed by atoms with van der Waals surface area (Å²) in [7, 11) is 3.60. The number of nitrogens with zero attached hydrogens (tertiary/aromatic N) is 1. The van der Waals surface area contributed by atoms with Crippen molar-refractivity contribution in [1.29, 1.82) is 0 Å². The van der Waals surface area contributed by atoms with Crippen molar-refractivity contribution in [2.24, 2.45) is 0 Å². The summed E-state index contributed by atoms with van der Waals surface area (Å²) in [5.41, 5.74) is 3.95. The van der Waals surface area contributed by atoms with E-state index in [0.29, 0.717) is 13.0 Å². The number of carbonyl (C=O) groups excluding carboxylic acids is 1. The second kappa shape index (κ2) is 6.96. The van der Waals surface area contributed by atoms with Gasteiger partial charge in [-0.05, 0) is 45.0 Å². The standard InChI is InChI=1S/C18H25N3O2/c1-11-6-12(2)18-15(7-11)16(22)9-14(20-18)10-21(5)13(3)8-17(23)19-4/h6-7,9,13H,8,10H2,1-5H3,(H,19,23)(H,20,22). The molecule has 124 valence electrons. The predicted molar refractivity (Wildman–Crippen MR) is 93.7 cm³/mol. The molecule has 2 rings (SSSR count). The molecule has 0 aliphatic carbocycles. The van der Waals surface area contributed by atoms with Crippen LogP contribution in [0.25, 0.3) is 10.9 Å². The number of H-pyrrole nitrogens is 1. The van der Waals surface area contributed by atoms with E-state index in [0.717, 1.165) is 27.7 Å². The zero-order chi connectivity index (χ0) is 17.1. The first-order valence-electron chi connectivity index (χ1n) is 7.85. The largest absolute Gasteiger partial charge is 0.359 e. The zero-order valence-corrected chi connectivity index (χ0v) is 14.5. The molecule has 1 unspecified atom stereocenters. The number of benzene rings is 1. The molecule has 1 aromatic heterocycles. The highest BCUT2D eigenvalue weighted by Gasteiger charge is 2.14. The van der Waals surface area contributed by atoms with Crippen molar-refractivity contribution in [2.45, 2.75) is 39.8 Å². The van der Waals surface area contributed by atoms with E-state index in [9.17, 15) is 9.59 Å². The van der Waals surface area contributed by atoms with Crippen molar-refractivity contribution in [3.8, 4) is 0 Å². The number of rotatable bonds is 5. The monoisotopic (exact) mass is 315 g/mol. The third-order valence-corrected chi connectivity index (χ3v) is 4.27. The molecule has 0 saturated heterocycles. The lowest BCUT2D eigenvalue weighted by molar-refractivity contribution is -0.121. The smallest absolute Gasteiger partial charge is 0.221 e. The number of aromatic amines is 1. The lowest BCUT2D eigenvalue weighted by atomic mass is 10.1. The van der Waals surface area contributed by atoms with E-state index >= 15 is 0 Å². The molecule has 0 saturated carbocycles. The Hall–Kier alpha value is -2.14. The van der Waals surface area contributed by atoms with E-state index in [1.54, 1.807) is 13.1 Å². The molecule has 0 bridgehead atoms. The van der Waals surface area contributed by atoms with Crippen molar-refractivity contribution in [1.82, 2.24) is 15.2 Å². The Morgan fingerprint density at radius 3 is 2.65 bits per heavy atom. The van der Waals surface area contributed by atoms with E-state index in [1.165, 1.54) is 0 Å². The molecule has 0 aliphatic rings. The number of aryl methyl sites for hydroxylation is 2. The summed E-state index contributed by atoms with van der Waals surface area (Å²) in [6.45, 7) is 6.60. The SMILES string of the molecule is CNC(=O)CC(C)N(C)Cc1cc(=O)c2cc(C)cc(C)c2[nH]1. The number of pyridine rings is 1. The average molecular weight is 315 g/mol. The van der Waals surface area contributed by atoms with Crippen LogP contribution in [0.1, 0.15) is 30.2 Å². The van der Waals surface area contributed by atoms with Crippen molar-refractivity contribution >= 4 is 16.8 Å². The maximum Gasteiger partial charge on any atom is 0.221 e. The molecule has 0 fully saturated rings. The molecule has 0 radical (unpaired) electrons. The molecule has 23 heavy (non-hydrogen) atoms. The zero-order valence-electron chi connectivity index (χ0n) is 14.5. The molecule has 2 aromatic rings. The minimum Gasteiger partial charge on any atom is -0.359 e. The topological polar surface area (TPSA) is 65.2 Å². The van der Waals surface area contributed by atoms with E-state index in [-0.39, 0.29) is 17.4 Å². The van der Waals surface area contributed by atoms with Crippen LogP contribution in [-0.4, -0.2) is 35.9 Å². The third kappa shape index (κ3) is 3.99. The Balaban J connectivity index is 2.27. The summed E-state index contributed by atoms with van der Waals surface area (Å²) in [6.07, 6.45) is 0.434. The van der Waals surface area contributed by atoms with Crippen LogP contribution in [0, 0.1) is 13.8 Å². The summed E-state index contributed by atoms with van der Waals surface area (Å²) < 4.78 is 0. The van der Waals surface area contributed by atoms with Crippen molar-refractivity contribution < 1.29 is 4.79 Å². The van der Waals surface area contributed by atoms with Gasteiger partial charge < -0.3 is 10.3 Å². The lowest BCUT2D eigenvalue weighted by Gasteiger charge is -2.24. The Morgan fingerprint density at radius 2 is 2.00 bits per heavy atom. The van der Waals surface area contributed by atoms with Crippen LogP contribution in [0.4, 0.5) is 0 Å². The van der Waals surface area contributed by atoms with Crippen LogP contribution in [0.5, 0.6) is 0 Å². The summed E-state index contributed by atoms with van der Waals surface area (Å²) in [6, 6.07) is 5.74. The van der Waals surface area contributed by atoms with Crippen molar-refractivity contribution in [3.63, 3.8) is 0 Å². The number of aromatic nitrogens is 1. The molecule has 1 aromatic carbocycles. The van der Waals surface area contributed by atoms with E-state index in [1.807, 2.05) is 33.9 Å². The maximum absolute atomic E-state index is 12.4. The van der Waals surface area contributed by atoms with Crippen LogP contribution >= 0.6 is 0 Å². The molecular weight excluding hydrogens is 290 g/mol. The van der Waals surface area contributed by atoms with Crippen LogP contribution in [0.3, 0.4) is 0 Å². The van der Waals surface area contributed by atoms with Crippen LogP contribution in [0.15, 0.2) is 23.0 Å². The third-order valence-electron chi connectivity index (χ3n) is 4.27. The van der Waals surface area contributed by atoms with Gasteiger partial charge in [0, 0.05) is 43.2 Å². The van der Waals surface area contributed by atoms with E-state index in [4.69, 9.17) is 0 Å². The van der Waals surface area contributed by atoms with Gasteiger partial charge in [-0.1, -0.05) is 6.07 Å². The number of hydrogen-bond acceptors (Lipinski definition) is 3. The van der Waals surface area contributed by atoms with E-state index in [2.05, 4.69) is 21.3 Å². The summed E-state index contributed by atoms with van der Waals surface area (Å²) >= 11 is 0. The average Bonchev–Trinajstić information content (AvgIpc) is 2.48. The molecule has 0 aliphatic heterocycles. The first-order valence-corrected chi connectivity index (χ1v) is 7.85. The Morgan fingerprint density at radius 1 is 1.30 bits per heavy atom. The molecule has 5 nitrogen and oxygen atoms in total. The van der Waals surface area contributed by atoms with Gasteiger partial charge in [-0.25, -0.2) is 0 Å². The Kier molecular flexibility index (Phi) is 5.21. The molecule has 1 heterocycles. The molecule has 5 heteroatoms. The molecule has 2 N–H and O–H groups in total. The highest BCUT2D eigenvalue weighted by atomic mass is 16.1. The molecule has 1 amide bonds. The van der Waals surface area contributed by atoms with Gasteiger partial charge in [0.2, 0.25) is 5.91 Å². The predicted octanol–water partition coefficient (Wildman–Crippen LogP) is 2.10. The van der Waals surface area contributed by atoms with Gasteiger partial charge in [0.1, 0.15) is 0 Å². The summed E-state index contributed by atoms with van der Waals surface area (Å²) in [5, 5.41) is 3.37. The van der Waals surface area contributed by atoms with Gasteiger partial charge in [-0.15, -0.1) is 0 Å². The number of carbonyl (C=O) groups is 1. The minimum atomic E-state index is 0.0164. The van der Waals surface area contributed by atoms with Gasteiger partial charge in [-0.2, -0.15) is 0 Å². The van der Waals surface area contributed by atoms with Crippen molar-refractivity contribution in [3.05, 3.63) is 45.2 Å². The summed E-state index contributed by atoms with van der Waals surface area (Å²) in [5.74, 6) is 0.0164. The van der Waals surface area contributed by atoms with Gasteiger partial charge >= 0.3 is 0 Å². The normalized spacial score (nSPS) is 12.6. The van der Waals surface area contributed by atoms with Gasteiger partial charge in [0.25, 0.3) is 0 Å². The van der Waals surface area contributed by atoms with Crippen LogP contribution in [-0.2, 0) is 11.3 Å². The number of nitrogens with one attached hydrogen (secondary N) is 2. The molecule has 1 atom stereocenters. The fourth-order valence-corrected chi connectivity index (χ4v) is 2.80. The minimum absolute atomic E-state index is 0.0164. The first kappa shape index (κ1) is 17.2. The van der Waals surface area contributed by atoms with Gasteiger partial charge in [0.15, 0.2) is 5.43 Å². The maximum atomic E-state index is 12.4. The second-order valence-electron chi connectivity index (χ2n) is 6.30. The van der Waals surface area contributed by atoms with Gasteiger partial charge in [0.05, 0.1) is 5.52 Å². The highest BCUT2D eigenvalue weighted by molar-refractivity contribution is 5.82. The number of amides is 1. The summed E-state index contributed by atoms with van der Waals surface area (Å²) in [4.78, 5) is 29.3. The fraction of sp³-hybridized carbons (Fsp3) is 0.444. The van der Waals surface area contributed by atoms with Crippen molar-refractivity contribution in [2.75, 3.05) is 14.1 Å². The second-order valence-corrected chi connectivity index (χ2v) is 6.30. The lowest BCUT2D eigenvalue weighted by Crippen LogP contribution is -2.34. The van der Waals surface area contributed by atoms with E-state index < -0.39 is 0 Å². The number of hydrogen-bond donors (Lipinski definition) is 2. The Labute approximate surface area is 136 Å². The molecular formula is C18H25N3O2. The van der Waals surface area contributed by atoms with Crippen LogP contribution in [0.2, 0.25) is 0 Å². The van der Waals surface area contributed by atoms with Crippen LogP contribution < -0.4 is 10.7 Å². The molecule has 0 spiro atoms. The first-order chi connectivity index (χ1) is 10.8. The fourth-order valence-electron chi connectivity index (χ4n) is 2.80.